The number of carbonyl (C=O) groups excluding carboxylic acids is 1. The van der Waals surface area contributed by atoms with Crippen molar-refractivity contribution in [2.24, 2.45) is 51.8 Å². The molecule has 1 aromatic carbocycles. The first-order chi connectivity index (χ1) is 19.5. The summed E-state index contributed by atoms with van der Waals surface area (Å²) in [6.45, 7) is 7.16. The molecule has 0 aromatic heterocycles. The molecule has 4 nitrogen and oxygen atoms in total. The molecule has 8 rings (SSSR count). The summed E-state index contributed by atoms with van der Waals surface area (Å²) >= 11 is 0. The maximum Gasteiger partial charge on any atom is 0.133 e. The van der Waals surface area contributed by atoms with Crippen LogP contribution in [-0.2, 0) is 11.2 Å². The number of fused-ring (bicyclic) bond motifs is 10. The Hall–Kier alpha value is -1.39. The van der Waals surface area contributed by atoms with Crippen LogP contribution < -0.4 is 0 Å². The van der Waals surface area contributed by atoms with Crippen LogP contribution in [0.15, 0.2) is 18.2 Å². The van der Waals surface area contributed by atoms with Crippen LogP contribution in [0, 0.1) is 51.8 Å². The highest BCUT2D eigenvalue weighted by Gasteiger charge is 2.60. The third-order valence-electron chi connectivity index (χ3n) is 15.1. The fourth-order valence-electron chi connectivity index (χ4n) is 12.6. The predicted molar refractivity (Wildman–Crippen MR) is 161 cm³/mol. The topological polar surface area (TPSA) is 77.8 Å². The molecule has 0 saturated heterocycles. The summed E-state index contributed by atoms with van der Waals surface area (Å²) in [6.07, 6.45) is 16.8. The summed E-state index contributed by atoms with van der Waals surface area (Å²) < 4.78 is 0. The summed E-state index contributed by atoms with van der Waals surface area (Å²) in [6, 6.07) is 5.96. The van der Waals surface area contributed by atoms with E-state index in [1.54, 1.807) is 0 Å². The fraction of sp³-hybridized carbons (Fsp3) is 0.811. The van der Waals surface area contributed by atoms with Gasteiger partial charge in [0.25, 0.3) is 0 Å². The van der Waals surface area contributed by atoms with Gasteiger partial charge in [0.2, 0.25) is 0 Å². The Morgan fingerprint density at radius 3 is 2.07 bits per heavy atom. The van der Waals surface area contributed by atoms with Crippen LogP contribution in [0.4, 0.5) is 0 Å². The van der Waals surface area contributed by atoms with Gasteiger partial charge in [0.15, 0.2) is 0 Å². The van der Waals surface area contributed by atoms with Crippen LogP contribution in [0.5, 0.6) is 5.75 Å². The second-order valence-corrected chi connectivity index (χ2v) is 16.5. The number of rotatable bonds is 0. The summed E-state index contributed by atoms with van der Waals surface area (Å²) in [5.74, 6) is 6.01. The van der Waals surface area contributed by atoms with E-state index in [0.717, 1.165) is 68.6 Å². The number of aliphatic hydroxyl groups is 2. The second-order valence-electron chi connectivity index (χ2n) is 16.5. The summed E-state index contributed by atoms with van der Waals surface area (Å²) in [7, 11) is 0. The quantitative estimate of drug-likeness (QED) is 0.305. The molecule has 0 radical (unpaired) electrons. The number of benzene rings is 1. The largest absolute Gasteiger partial charge is 0.508 e. The predicted octanol–water partition coefficient (Wildman–Crippen LogP) is 7.57. The van der Waals surface area contributed by atoms with Crippen LogP contribution >= 0.6 is 0 Å². The molecule has 0 amide bonds. The number of aryl methyl sites for hydroxylation is 1. The Balaban J connectivity index is 0.000000135. The molecule has 0 heterocycles. The zero-order valence-corrected chi connectivity index (χ0v) is 25.8. The Morgan fingerprint density at radius 1 is 0.683 bits per heavy atom. The van der Waals surface area contributed by atoms with Crippen molar-refractivity contribution >= 4 is 5.78 Å². The minimum absolute atomic E-state index is 0.0677. The van der Waals surface area contributed by atoms with Gasteiger partial charge in [-0.25, -0.2) is 0 Å². The lowest BCUT2D eigenvalue weighted by molar-refractivity contribution is -0.141. The van der Waals surface area contributed by atoms with Gasteiger partial charge in [-0.2, -0.15) is 0 Å². The number of ketones is 1. The van der Waals surface area contributed by atoms with Gasteiger partial charge in [0.1, 0.15) is 11.5 Å². The number of hydrogen-bond acceptors (Lipinski definition) is 4. The second kappa shape index (κ2) is 10.1. The van der Waals surface area contributed by atoms with E-state index in [-0.39, 0.29) is 23.0 Å². The molecule has 3 N–H and O–H groups in total. The van der Waals surface area contributed by atoms with Crippen LogP contribution in [0.1, 0.15) is 128 Å². The zero-order chi connectivity index (χ0) is 28.7. The lowest BCUT2D eigenvalue weighted by Gasteiger charge is -2.60. The van der Waals surface area contributed by atoms with Gasteiger partial charge >= 0.3 is 0 Å². The SMILES string of the molecule is C[C@]12CCC(=O)C[C@@H]1CC[C@@H]1[C@@H]2CC[C@]2(C)[C@@H](O)CC[C@@H]12.C[C@]12CC[C@@H]3c4ccc(O)cc4CC[C@H]3[C@@H]1CCC2O. The summed E-state index contributed by atoms with van der Waals surface area (Å²) in [5.41, 5.74) is 3.59. The average Bonchev–Trinajstić information content (AvgIpc) is 3.43. The molecule has 41 heavy (non-hydrogen) atoms. The van der Waals surface area contributed by atoms with E-state index in [9.17, 15) is 20.1 Å². The summed E-state index contributed by atoms with van der Waals surface area (Å²) in [4.78, 5) is 11.9. The van der Waals surface area contributed by atoms with Crippen molar-refractivity contribution in [2.45, 2.75) is 135 Å². The van der Waals surface area contributed by atoms with Crippen molar-refractivity contribution in [3.05, 3.63) is 29.3 Å². The molecular formula is C37H54O4. The average molecular weight is 563 g/mol. The molecule has 0 aliphatic heterocycles. The van der Waals surface area contributed by atoms with E-state index in [0.29, 0.717) is 34.7 Å². The third kappa shape index (κ3) is 4.31. The van der Waals surface area contributed by atoms with Crippen LogP contribution in [0.25, 0.3) is 0 Å². The molecule has 0 bridgehead atoms. The molecule has 7 aliphatic carbocycles. The highest BCUT2D eigenvalue weighted by Crippen LogP contribution is 2.66. The normalized spacial score (nSPS) is 49.8. The maximum absolute atomic E-state index is 11.9. The standard InChI is InChI=1S/C19H30O2.C18H24O2/c1-18-9-7-13(20)11-12(18)3-4-14-15-5-6-17(21)19(15,2)10-8-16(14)18;1-18-9-8-14-13-5-3-12(19)10-11(13)2-4-15(14)16(18)6-7-17(18)20/h12,14-17,21H,3-11H2,1-2H3;3,5,10,14-17,19-20H,2,4,6-9H2,1H3/t12-,14-,15-,16-,17-,18-,19-;14-,15-,16+,17?,18+/m01/s1. The molecule has 4 heteroatoms. The minimum Gasteiger partial charge on any atom is -0.508 e. The Morgan fingerprint density at radius 2 is 1.34 bits per heavy atom. The van der Waals surface area contributed by atoms with E-state index >= 15 is 0 Å². The van der Waals surface area contributed by atoms with Gasteiger partial charge in [-0.3, -0.25) is 4.79 Å². The number of hydrogen-bond donors (Lipinski definition) is 3. The monoisotopic (exact) mass is 562 g/mol. The molecule has 1 unspecified atom stereocenters. The number of aromatic hydroxyl groups is 1. The smallest absolute Gasteiger partial charge is 0.133 e. The van der Waals surface area contributed by atoms with E-state index in [1.165, 1.54) is 62.5 Å². The van der Waals surface area contributed by atoms with Gasteiger partial charge in [-0.1, -0.05) is 26.8 Å². The van der Waals surface area contributed by atoms with Crippen molar-refractivity contribution in [1.29, 1.82) is 0 Å². The van der Waals surface area contributed by atoms with Gasteiger partial charge < -0.3 is 15.3 Å². The Kier molecular flexibility index (Phi) is 6.98. The lowest BCUT2D eigenvalue weighted by atomic mass is 9.45. The van der Waals surface area contributed by atoms with Crippen molar-refractivity contribution < 1.29 is 20.1 Å². The van der Waals surface area contributed by atoms with E-state index in [4.69, 9.17) is 0 Å². The molecule has 226 valence electrons. The van der Waals surface area contributed by atoms with Crippen LogP contribution in [0.2, 0.25) is 0 Å². The number of phenols is 1. The Bertz CT molecular complexity index is 1180. The first-order valence-corrected chi connectivity index (χ1v) is 17.2. The van der Waals surface area contributed by atoms with E-state index < -0.39 is 0 Å². The molecule has 0 spiro atoms. The highest BCUT2D eigenvalue weighted by molar-refractivity contribution is 5.79. The molecule has 6 saturated carbocycles. The minimum atomic E-state index is -0.0883. The van der Waals surface area contributed by atoms with Gasteiger partial charge in [0.05, 0.1) is 12.2 Å². The van der Waals surface area contributed by atoms with Crippen LogP contribution in [0.3, 0.4) is 0 Å². The van der Waals surface area contributed by atoms with Crippen molar-refractivity contribution in [3.8, 4) is 5.75 Å². The van der Waals surface area contributed by atoms with Gasteiger partial charge in [-0.15, -0.1) is 0 Å². The number of aliphatic hydroxyl groups excluding tert-OH is 2. The van der Waals surface area contributed by atoms with Gasteiger partial charge in [-0.05, 0) is 164 Å². The number of Topliss-reactive ketones (excluding diaryl/α,β-unsaturated/α-hetero) is 1. The van der Waals surface area contributed by atoms with Crippen molar-refractivity contribution in [2.75, 3.05) is 0 Å². The molecule has 12 atom stereocenters. The molecular weight excluding hydrogens is 508 g/mol. The first kappa shape index (κ1) is 28.4. The molecule has 1 aromatic rings. The van der Waals surface area contributed by atoms with Crippen molar-refractivity contribution in [1.82, 2.24) is 0 Å². The molecule has 6 fully saturated rings. The highest BCUT2D eigenvalue weighted by atomic mass is 16.3. The number of phenolic OH excluding ortho intramolecular Hbond substituents is 1. The van der Waals surface area contributed by atoms with E-state index in [1.807, 2.05) is 12.1 Å². The molecule has 7 aliphatic rings. The number of carbonyl (C=O) groups is 1. The zero-order valence-electron chi connectivity index (χ0n) is 25.8. The van der Waals surface area contributed by atoms with Crippen LogP contribution in [-0.4, -0.2) is 33.3 Å². The Labute approximate surface area is 247 Å². The van der Waals surface area contributed by atoms with E-state index in [2.05, 4.69) is 26.8 Å². The maximum atomic E-state index is 11.9. The fourth-order valence-corrected chi connectivity index (χ4v) is 12.6. The summed E-state index contributed by atoms with van der Waals surface area (Å²) in [5, 5.41) is 30.5. The van der Waals surface area contributed by atoms with Crippen molar-refractivity contribution in [3.63, 3.8) is 0 Å². The van der Waals surface area contributed by atoms with Gasteiger partial charge in [0, 0.05) is 12.8 Å². The third-order valence-corrected chi connectivity index (χ3v) is 15.1. The lowest BCUT2D eigenvalue weighted by Crippen LogP contribution is -2.54. The first-order valence-electron chi connectivity index (χ1n) is 17.2.